The topological polar surface area (TPSA) is 135 Å². The monoisotopic (exact) mass is 383 g/mol. The highest BCUT2D eigenvalue weighted by Gasteiger charge is 2.23. The molecule has 1 unspecified atom stereocenters. The highest BCUT2D eigenvalue weighted by Crippen LogP contribution is 2.28. The lowest BCUT2D eigenvalue weighted by Gasteiger charge is -2.16. The zero-order chi connectivity index (χ0) is 19.3. The van der Waals surface area contributed by atoms with Crippen LogP contribution in [0.1, 0.15) is 25.0 Å². The number of rotatable bonds is 4. The van der Waals surface area contributed by atoms with Crippen LogP contribution in [-0.4, -0.2) is 60.5 Å². The van der Waals surface area contributed by atoms with Crippen molar-refractivity contribution in [2.45, 2.75) is 25.4 Å². The molecule has 2 aliphatic rings. The van der Waals surface area contributed by atoms with Crippen molar-refractivity contribution in [3.8, 4) is 5.88 Å². The standard InChI is InChI=1S/C18H21N7O3/c26-12-3-4-24(9-12)15-6-14(19-7-10-1-2-10)25-16(22-15)11(8-20-25)5-13-17(27)23-18(28)21-13/h5-6,8,10,12,26-27H,1-4,7,9H2,(H2,21,23,28). The maximum Gasteiger partial charge on any atom is 0.326 e. The number of anilines is 1. The fourth-order valence-corrected chi connectivity index (χ4v) is 3.45. The largest absolute Gasteiger partial charge is 0.493 e. The number of hydrogen-bond acceptors (Lipinski definition) is 7. The number of aromatic nitrogens is 5. The molecule has 10 heteroatoms. The lowest BCUT2D eigenvalue weighted by Crippen LogP contribution is -2.27. The van der Waals surface area contributed by atoms with E-state index in [9.17, 15) is 15.0 Å². The van der Waals surface area contributed by atoms with Gasteiger partial charge in [0, 0.05) is 30.9 Å². The van der Waals surface area contributed by atoms with E-state index in [1.165, 1.54) is 12.8 Å². The minimum atomic E-state index is -0.486. The van der Waals surface area contributed by atoms with Crippen LogP contribution in [0.5, 0.6) is 5.88 Å². The average Bonchev–Trinajstić information content (AvgIpc) is 3.11. The van der Waals surface area contributed by atoms with Gasteiger partial charge in [0.25, 0.3) is 0 Å². The summed E-state index contributed by atoms with van der Waals surface area (Å²) in [5, 5.41) is 24.8. The molecule has 5 rings (SSSR count). The van der Waals surface area contributed by atoms with Crippen molar-refractivity contribution < 1.29 is 10.2 Å². The number of β-amino-alcohol motifs (C(OH)–C–C–N with tert-alkyl or cyclic N) is 1. The number of aromatic amines is 2. The molecule has 1 saturated carbocycles. The highest BCUT2D eigenvalue weighted by molar-refractivity contribution is 5.58. The van der Waals surface area contributed by atoms with Crippen molar-refractivity contribution in [1.82, 2.24) is 24.6 Å². The predicted octanol–water partition coefficient (Wildman–Crippen LogP) is -1.12. The molecule has 0 amide bonds. The van der Waals surface area contributed by atoms with Crippen LogP contribution in [0.15, 0.2) is 22.1 Å². The van der Waals surface area contributed by atoms with Crippen molar-refractivity contribution in [2.24, 2.45) is 10.9 Å². The van der Waals surface area contributed by atoms with E-state index < -0.39 is 5.69 Å². The second kappa shape index (κ2) is 6.48. The lowest BCUT2D eigenvalue weighted by molar-refractivity contribution is 0.198. The van der Waals surface area contributed by atoms with Crippen LogP contribution >= 0.6 is 0 Å². The molecule has 0 spiro atoms. The number of fused-ring (bicyclic) bond motifs is 1. The second-order valence-electron chi connectivity index (χ2n) is 7.47. The molecule has 4 heterocycles. The van der Waals surface area contributed by atoms with E-state index in [2.05, 4.69) is 15.1 Å². The molecule has 0 radical (unpaired) electrons. The number of imidazole rings is 1. The molecular weight excluding hydrogens is 362 g/mol. The van der Waals surface area contributed by atoms with E-state index >= 15 is 0 Å². The molecule has 1 saturated heterocycles. The summed E-state index contributed by atoms with van der Waals surface area (Å²) in [6, 6.07) is 1.90. The van der Waals surface area contributed by atoms with Crippen LogP contribution in [-0.2, 0) is 0 Å². The predicted molar refractivity (Wildman–Crippen MR) is 101 cm³/mol. The maximum atomic E-state index is 11.4. The highest BCUT2D eigenvalue weighted by atomic mass is 16.3. The molecule has 3 aromatic rings. The average molecular weight is 383 g/mol. The molecule has 0 aromatic carbocycles. The zero-order valence-corrected chi connectivity index (χ0v) is 15.2. The van der Waals surface area contributed by atoms with E-state index in [0.717, 1.165) is 18.9 Å². The van der Waals surface area contributed by atoms with E-state index in [0.29, 0.717) is 35.2 Å². The first-order valence-electron chi connectivity index (χ1n) is 9.42. The Morgan fingerprint density at radius 3 is 2.86 bits per heavy atom. The Hall–Kier alpha value is -3.14. The summed E-state index contributed by atoms with van der Waals surface area (Å²) in [5.74, 6) is 1.14. The molecular formula is C18H21N7O3. The number of hydrogen-bond donors (Lipinski definition) is 4. The molecule has 3 aromatic heterocycles. The Morgan fingerprint density at radius 2 is 2.18 bits per heavy atom. The van der Waals surface area contributed by atoms with Crippen molar-refractivity contribution in [3.05, 3.63) is 39.1 Å². The molecule has 2 fully saturated rings. The molecule has 28 heavy (non-hydrogen) atoms. The van der Waals surface area contributed by atoms with Gasteiger partial charge in [-0.15, -0.1) is 0 Å². The molecule has 146 valence electrons. The van der Waals surface area contributed by atoms with E-state index in [-0.39, 0.29) is 17.7 Å². The molecule has 4 N–H and O–H groups in total. The third kappa shape index (κ3) is 3.15. The SMILES string of the molecule is O=c1[nH]c(O)c(C=c2cnn3c(=NCC4CC4)cc(N4CCC(O)C4)nc23)[nH]1. The summed E-state index contributed by atoms with van der Waals surface area (Å²) in [4.78, 5) is 27.7. The Kier molecular flexibility index (Phi) is 3.93. The summed E-state index contributed by atoms with van der Waals surface area (Å²) >= 11 is 0. The van der Waals surface area contributed by atoms with Crippen LogP contribution in [0.2, 0.25) is 0 Å². The van der Waals surface area contributed by atoms with Gasteiger partial charge in [-0.05, 0) is 31.3 Å². The third-order valence-corrected chi connectivity index (χ3v) is 5.20. The van der Waals surface area contributed by atoms with Gasteiger partial charge in [0.05, 0.1) is 12.3 Å². The minimum absolute atomic E-state index is 0.234. The van der Waals surface area contributed by atoms with Crippen LogP contribution in [0.4, 0.5) is 5.82 Å². The fraction of sp³-hybridized carbons (Fsp3) is 0.444. The van der Waals surface area contributed by atoms with Crippen molar-refractivity contribution >= 4 is 17.5 Å². The number of nitrogens with one attached hydrogen (secondary N) is 2. The Bertz CT molecular complexity index is 1200. The Morgan fingerprint density at radius 1 is 1.32 bits per heavy atom. The van der Waals surface area contributed by atoms with E-state index in [1.807, 2.05) is 11.0 Å². The smallest absolute Gasteiger partial charge is 0.326 e. The van der Waals surface area contributed by atoms with Gasteiger partial charge in [-0.25, -0.2) is 9.78 Å². The van der Waals surface area contributed by atoms with Crippen LogP contribution < -0.4 is 21.3 Å². The Balaban J connectivity index is 1.68. The lowest BCUT2D eigenvalue weighted by atomic mass is 10.3. The number of aliphatic hydroxyl groups excluding tert-OH is 1. The van der Waals surface area contributed by atoms with Crippen molar-refractivity contribution in [1.29, 1.82) is 0 Å². The molecule has 1 aliphatic heterocycles. The molecule has 10 nitrogen and oxygen atoms in total. The molecule has 1 aliphatic carbocycles. The van der Waals surface area contributed by atoms with Gasteiger partial charge in [-0.3, -0.25) is 9.98 Å². The van der Waals surface area contributed by atoms with Gasteiger partial charge >= 0.3 is 5.69 Å². The molecule has 1 atom stereocenters. The number of H-pyrrole nitrogens is 2. The maximum absolute atomic E-state index is 11.4. The van der Waals surface area contributed by atoms with Gasteiger partial charge in [0.15, 0.2) is 11.1 Å². The number of aliphatic hydroxyl groups is 1. The minimum Gasteiger partial charge on any atom is -0.493 e. The van der Waals surface area contributed by atoms with Gasteiger partial charge in [0.1, 0.15) is 11.5 Å². The fourth-order valence-electron chi connectivity index (χ4n) is 3.45. The first kappa shape index (κ1) is 17.0. The van der Waals surface area contributed by atoms with Gasteiger partial charge < -0.3 is 20.1 Å². The van der Waals surface area contributed by atoms with E-state index in [4.69, 9.17) is 9.98 Å². The van der Waals surface area contributed by atoms with Crippen molar-refractivity contribution in [3.63, 3.8) is 0 Å². The quantitative estimate of drug-likeness (QED) is 0.451. The number of aromatic hydroxyl groups is 1. The third-order valence-electron chi connectivity index (χ3n) is 5.20. The summed E-state index contributed by atoms with van der Waals surface area (Å²) < 4.78 is 1.67. The van der Waals surface area contributed by atoms with Crippen LogP contribution in [0.3, 0.4) is 0 Å². The zero-order valence-electron chi connectivity index (χ0n) is 15.2. The normalized spacial score (nSPS) is 21.3. The first-order chi connectivity index (χ1) is 13.6. The number of nitrogens with zero attached hydrogens (tertiary/aromatic N) is 5. The summed E-state index contributed by atoms with van der Waals surface area (Å²) in [7, 11) is 0. The summed E-state index contributed by atoms with van der Waals surface area (Å²) in [6.07, 6.45) is 6.02. The van der Waals surface area contributed by atoms with Gasteiger partial charge in [-0.1, -0.05) is 0 Å². The second-order valence-corrected chi connectivity index (χ2v) is 7.47. The summed E-state index contributed by atoms with van der Waals surface area (Å²) in [5.41, 5.74) is 1.06. The van der Waals surface area contributed by atoms with Gasteiger partial charge in [0.2, 0.25) is 5.88 Å². The molecule has 0 bridgehead atoms. The van der Waals surface area contributed by atoms with E-state index in [1.54, 1.807) is 16.8 Å². The van der Waals surface area contributed by atoms with Crippen molar-refractivity contribution in [2.75, 3.05) is 24.5 Å². The van der Waals surface area contributed by atoms with Crippen LogP contribution in [0, 0.1) is 5.92 Å². The Labute approximate surface area is 158 Å². The first-order valence-corrected chi connectivity index (χ1v) is 9.42. The summed E-state index contributed by atoms with van der Waals surface area (Å²) in [6.45, 7) is 2.02. The van der Waals surface area contributed by atoms with Crippen LogP contribution in [0.25, 0.3) is 11.7 Å². The van der Waals surface area contributed by atoms with Gasteiger partial charge in [-0.2, -0.15) is 9.61 Å².